The topological polar surface area (TPSA) is 137 Å². The molecule has 1 aromatic carbocycles. The molecule has 0 atom stereocenters. The third kappa shape index (κ3) is 6.49. The van der Waals surface area contributed by atoms with Crippen molar-refractivity contribution < 1.29 is 22.7 Å². The second kappa shape index (κ2) is 10.4. The number of carbonyl (C=O) groups excluding carboxylic acids is 2. The largest absolute Gasteiger partial charge is 0.455 e. The summed E-state index contributed by atoms with van der Waals surface area (Å²) < 4.78 is 34.3. The Kier molecular flexibility index (Phi) is 7.61. The molecule has 0 fully saturated rings. The molecule has 0 aliphatic carbocycles. The van der Waals surface area contributed by atoms with Gasteiger partial charge in [-0.2, -0.15) is 14.9 Å². The van der Waals surface area contributed by atoms with E-state index in [0.29, 0.717) is 6.54 Å². The number of carbonyl (C=O) groups is 2. The molecule has 11 nitrogen and oxygen atoms in total. The average Bonchev–Trinajstić information content (AvgIpc) is 3.34. The highest BCUT2D eigenvalue weighted by atomic mass is 32.2. The minimum Gasteiger partial charge on any atom is -0.455 e. The molecular weight excluding hydrogens is 448 g/mol. The molecule has 3 aromatic rings. The molecule has 0 radical (unpaired) electrons. The summed E-state index contributed by atoms with van der Waals surface area (Å²) >= 11 is 0. The van der Waals surface area contributed by atoms with Gasteiger partial charge >= 0.3 is 5.97 Å². The third-order valence-electron chi connectivity index (χ3n) is 4.93. The Morgan fingerprint density at radius 1 is 1.15 bits per heavy atom. The van der Waals surface area contributed by atoms with Crippen LogP contribution in [0.3, 0.4) is 0 Å². The van der Waals surface area contributed by atoms with Crippen LogP contribution in [0.15, 0.2) is 47.6 Å². The Morgan fingerprint density at radius 2 is 1.88 bits per heavy atom. The quantitative estimate of drug-likeness (QED) is 0.406. The van der Waals surface area contributed by atoms with Gasteiger partial charge in [-0.3, -0.25) is 19.0 Å². The molecule has 2 aromatic heterocycles. The Labute approximate surface area is 191 Å². The second-order valence-corrected chi connectivity index (χ2v) is 9.17. The van der Waals surface area contributed by atoms with Gasteiger partial charge in [0.1, 0.15) is 11.4 Å². The van der Waals surface area contributed by atoms with Crippen molar-refractivity contribution in [3.8, 4) is 0 Å². The van der Waals surface area contributed by atoms with Gasteiger partial charge in [-0.25, -0.2) is 8.42 Å². The molecule has 0 saturated heterocycles. The number of aryl methyl sites for hydroxylation is 2. The summed E-state index contributed by atoms with van der Waals surface area (Å²) in [7, 11) is -2.32. The molecule has 3 rings (SSSR count). The minimum atomic E-state index is -3.89. The molecule has 2 heterocycles. The lowest BCUT2D eigenvalue weighted by Crippen LogP contribution is -2.33. The molecule has 1 amide bonds. The number of nitrogens with one attached hydrogen (secondary N) is 2. The van der Waals surface area contributed by atoms with Crippen molar-refractivity contribution in [1.29, 1.82) is 0 Å². The van der Waals surface area contributed by atoms with Gasteiger partial charge in [0, 0.05) is 31.0 Å². The highest BCUT2D eigenvalue weighted by Gasteiger charge is 2.18. The van der Waals surface area contributed by atoms with Crippen molar-refractivity contribution in [2.75, 3.05) is 13.2 Å². The van der Waals surface area contributed by atoms with Gasteiger partial charge < -0.3 is 10.1 Å². The van der Waals surface area contributed by atoms with Gasteiger partial charge in [0.25, 0.3) is 5.91 Å². The lowest BCUT2D eigenvalue weighted by atomic mass is 10.2. The lowest BCUT2D eigenvalue weighted by Gasteiger charge is -2.08. The van der Waals surface area contributed by atoms with Crippen molar-refractivity contribution in [3.05, 3.63) is 65.2 Å². The maximum absolute atomic E-state index is 12.1. The first kappa shape index (κ1) is 24.1. The molecule has 33 heavy (non-hydrogen) atoms. The van der Waals surface area contributed by atoms with E-state index in [1.54, 1.807) is 7.05 Å². The lowest BCUT2D eigenvalue weighted by molar-refractivity contribution is -0.147. The maximum atomic E-state index is 12.1. The summed E-state index contributed by atoms with van der Waals surface area (Å²) in [6, 6.07) is 9.92. The summed E-state index contributed by atoms with van der Waals surface area (Å²) in [4.78, 5) is 23.9. The van der Waals surface area contributed by atoms with Gasteiger partial charge in [-0.1, -0.05) is 30.3 Å². The number of nitrogens with zero attached hydrogens (tertiary/aromatic N) is 4. The summed E-state index contributed by atoms with van der Waals surface area (Å²) in [6.45, 7) is 3.52. The smallest absolute Gasteiger partial charge is 0.321 e. The first-order valence-corrected chi connectivity index (χ1v) is 11.6. The third-order valence-corrected chi connectivity index (χ3v) is 6.29. The highest BCUT2D eigenvalue weighted by Crippen LogP contribution is 2.14. The van der Waals surface area contributed by atoms with Gasteiger partial charge in [0.2, 0.25) is 10.0 Å². The van der Waals surface area contributed by atoms with E-state index in [1.807, 2.05) is 48.9 Å². The Morgan fingerprint density at radius 3 is 2.55 bits per heavy atom. The van der Waals surface area contributed by atoms with Crippen LogP contribution in [0, 0.1) is 13.8 Å². The zero-order valence-electron chi connectivity index (χ0n) is 18.6. The number of hydrogen-bond donors (Lipinski definition) is 2. The number of aromatic nitrogens is 4. The van der Waals surface area contributed by atoms with E-state index < -0.39 is 35.1 Å². The van der Waals surface area contributed by atoms with Gasteiger partial charge in [-0.15, -0.1) is 0 Å². The van der Waals surface area contributed by atoms with Crippen LogP contribution in [0.1, 0.15) is 22.5 Å². The number of ether oxygens (including phenoxy) is 1. The molecule has 176 valence electrons. The van der Waals surface area contributed by atoms with Crippen molar-refractivity contribution >= 4 is 21.9 Å². The fourth-order valence-corrected chi connectivity index (χ4v) is 4.06. The molecule has 0 spiro atoms. The second-order valence-electron chi connectivity index (χ2n) is 7.40. The van der Waals surface area contributed by atoms with Crippen molar-refractivity contribution in [2.24, 2.45) is 7.05 Å². The molecule has 0 aliphatic heterocycles. The van der Waals surface area contributed by atoms with Gasteiger partial charge in [0.15, 0.2) is 6.61 Å². The number of rotatable bonds is 10. The van der Waals surface area contributed by atoms with Crippen LogP contribution >= 0.6 is 0 Å². The Hall–Kier alpha value is -3.51. The fraction of sp³-hybridized carbons (Fsp3) is 0.333. The molecule has 0 bridgehead atoms. The van der Waals surface area contributed by atoms with Crippen LogP contribution < -0.4 is 10.0 Å². The molecule has 2 N–H and O–H groups in total. The Balaban J connectivity index is 1.45. The van der Waals surface area contributed by atoms with Gasteiger partial charge in [-0.05, 0) is 19.4 Å². The van der Waals surface area contributed by atoms with Crippen LogP contribution in [-0.2, 0) is 44.5 Å². The molecule has 0 saturated carbocycles. The SMILES string of the molecule is Cc1nn(Cc2ccccc2)c(C)c1CNC(=O)COC(=O)CNS(=O)(=O)c1cnn(C)c1. The van der Waals surface area contributed by atoms with E-state index in [0.717, 1.165) is 28.7 Å². The van der Waals surface area contributed by atoms with Crippen LogP contribution in [0.25, 0.3) is 0 Å². The first-order chi connectivity index (χ1) is 15.7. The van der Waals surface area contributed by atoms with E-state index >= 15 is 0 Å². The standard InChI is InChI=1S/C21H26N6O5S/c1-15-19(16(2)27(25-15)12-17-7-5-4-6-8-17)10-22-20(28)14-32-21(29)11-24-33(30,31)18-9-23-26(3)13-18/h4-9,13,24H,10-12,14H2,1-3H3,(H,22,28). The van der Waals surface area contributed by atoms with E-state index in [2.05, 4.69) is 20.2 Å². The minimum absolute atomic E-state index is 0.0749. The zero-order valence-corrected chi connectivity index (χ0v) is 19.4. The van der Waals surface area contributed by atoms with Crippen LogP contribution in [0.5, 0.6) is 0 Å². The van der Waals surface area contributed by atoms with Crippen molar-refractivity contribution in [1.82, 2.24) is 29.6 Å². The maximum Gasteiger partial charge on any atom is 0.321 e. The van der Waals surface area contributed by atoms with Crippen LogP contribution in [0.2, 0.25) is 0 Å². The van der Waals surface area contributed by atoms with E-state index in [9.17, 15) is 18.0 Å². The predicted octanol–water partition coefficient (Wildman–Crippen LogP) is 0.420. The fourth-order valence-electron chi connectivity index (χ4n) is 3.11. The number of benzene rings is 1. The van der Waals surface area contributed by atoms with E-state index in [-0.39, 0.29) is 11.4 Å². The highest BCUT2D eigenvalue weighted by molar-refractivity contribution is 7.89. The van der Waals surface area contributed by atoms with E-state index in [1.165, 1.54) is 10.9 Å². The van der Waals surface area contributed by atoms with E-state index in [4.69, 9.17) is 4.74 Å². The summed E-state index contributed by atoms with van der Waals surface area (Å²) in [5.41, 5.74) is 3.73. The normalized spacial score (nSPS) is 11.4. The number of esters is 1. The summed E-state index contributed by atoms with van der Waals surface area (Å²) in [6.07, 6.45) is 2.46. The first-order valence-electron chi connectivity index (χ1n) is 10.1. The van der Waals surface area contributed by atoms with Crippen LogP contribution in [-0.4, -0.2) is 53.0 Å². The van der Waals surface area contributed by atoms with Crippen molar-refractivity contribution in [2.45, 2.75) is 31.8 Å². The number of amides is 1. The zero-order chi connectivity index (χ0) is 24.0. The molecule has 12 heteroatoms. The average molecular weight is 475 g/mol. The summed E-state index contributed by atoms with van der Waals surface area (Å²) in [5, 5.41) is 11.0. The molecular formula is C21H26N6O5S. The van der Waals surface area contributed by atoms with Crippen LogP contribution in [0.4, 0.5) is 0 Å². The Bertz CT molecular complexity index is 1230. The number of hydrogen-bond acceptors (Lipinski definition) is 7. The molecule has 0 unspecified atom stereocenters. The summed E-state index contributed by atoms with van der Waals surface area (Å²) in [5.74, 6) is -1.38. The number of sulfonamides is 1. The van der Waals surface area contributed by atoms with Crippen molar-refractivity contribution in [3.63, 3.8) is 0 Å². The van der Waals surface area contributed by atoms with Gasteiger partial charge in [0.05, 0.1) is 18.4 Å². The monoisotopic (exact) mass is 474 g/mol. The molecule has 0 aliphatic rings. The predicted molar refractivity (Wildman–Crippen MR) is 118 cm³/mol.